The topological polar surface area (TPSA) is 54.4 Å². The Morgan fingerprint density at radius 3 is 2.00 bits per heavy atom. The Bertz CT molecular complexity index is 400. The molecule has 0 atom stereocenters. The van der Waals surface area contributed by atoms with E-state index in [0.29, 0.717) is 0 Å². The van der Waals surface area contributed by atoms with Crippen molar-refractivity contribution in [3.05, 3.63) is 17.0 Å². The second kappa shape index (κ2) is 4.18. The zero-order chi connectivity index (χ0) is 10.3. The van der Waals surface area contributed by atoms with Crippen LogP contribution >= 0.6 is 23.7 Å². The van der Waals surface area contributed by atoms with E-state index in [1.807, 2.05) is 20.8 Å². The molecule has 14 heavy (non-hydrogen) atoms. The first kappa shape index (κ1) is 13.9. The van der Waals surface area contributed by atoms with E-state index in [9.17, 15) is 8.42 Å². The molecule has 0 saturated heterocycles. The standard InChI is InChI=1S/C8H12O3S2.ClH/c1-8(2,3)6-4-5-7(12-6)13(9,10)11;/h4-5H,1-3H3,(H,9,10,11);1H. The lowest BCUT2D eigenvalue weighted by atomic mass is 9.95. The van der Waals surface area contributed by atoms with E-state index < -0.39 is 10.1 Å². The van der Waals surface area contributed by atoms with E-state index in [1.54, 1.807) is 6.07 Å². The molecule has 0 aliphatic heterocycles. The van der Waals surface area contributed by atoms with Crippen LogP contribution in [0.2, 0.25) is 0 Å². The molecule has 0 radical (unpaired) electrons. The minimum atomic E-state index is -4.02. The van der Waals surface area contributed by atoms with Crippen molar-refractivity contribution >= 4 is 33.9 Å². The van der Waals surface area contributed by atoms with Crippen LogP contribution < -0.4 is 0 Å². The van der Waals surface area contributed by atoms with E-state index in [4.69, 9.17) is 4.55 Å². The van der Waals surface area contributed by atoms with E-state index in [0.717, 1.165) is 16.2 Å². The highest BCUT2D eigenvalue weighted by molar-refractivity contribution is 7.88. The summed E-state index contributed by atoms with van der Waals surface area (Å²) < 4.78 is 30.2. The lowest BCUT2D eigenvalue weighted by molar-refractivity contribution is 0.485. The van der Waals surface area contributed by atoms with Crippen molar-refractivity contribution in [3.8, 4) is 0 Å². The summed E-state index contributed by atoms with van der Waals surface area (Å²) in [6.07, 6.45) is 0. The summed E-state index contributed by atoms with van der Waals surface area (Å²) in [6.45, 7) is 5.98. The van der Waals surface area contributed by atoms with Gasteiger partial charge in [0.1, 0.15) is 4.21 Å². The molecule has 1 aromatic heterocycles. The van der Waals surface area contributed by atoms with Crippen LogP contribution in [0.3, 0.4) is 0 Å². The smallest absolute Gasteiger partial charge is 0.281 e. The summed E-state index contributed by atoms with van der Waals surface area (Å²) >= 11 is 1.11. The Hall–Kier alpha value is -0.100. The second-order valence-electron chi connectivity index (χ2n) is 3.84. The average Bonchev–Trinajstić information content (AvgIpc) is 2.28. The third kappa shape index (κ3) is 3.24. The van der Waals surface area contributed by atoms with Crippen LogP contribution in [0.25, 0.3) is 0 Å². The van der Waals surface area contributed by atoms with Crippen LogP contribution in [0.15, 0.2) is 16.3 Å². The van der Waals surface area contributed by atoms with Crippen LogP contribution in [0.5, 0.6) is 0 Å². The number of halogens is 1. The van der Waals surface area contributed by atoms with E-state index in [1.165, 1.54) is 6.07 Å². The number of rotatable bonds is 1. The highest BCUT2D eigenvalue weighted by atomic mass is 35.5. The summed E-state index contributed by atoms with van der Waals surface area (Å²) in [5.41, 5.74) is -0.0758. The van der Waals surface area contributed by atoms with Crippen molar-refractivity contribution in [3.63, 3.8) is 0 Å². The van der Waals surface area contributed by atoms with Crippen LogP contribution in [-0.2, 0) is 15.5 Å². The van der Waals surface area contributed by atoms with Gasteiger partial charge >= 0.3 is 10.1 Å². The molecule has 0 saturated carbocycles. The summed E-state index contributed by atoms with van der Waals surface area (Å²) in [5, 5.41) is 0. The first-order valence-corrected chi connectivity index (χ1v) is 6.05. The molecule has 0 amide bonds. The first-order chi connectivity index (χ1) is 5.71. The van der Waals surface area contributed by atoms with Crippen molar-refractivity contribution < 1.29 is 13.0 Å². The van der Waals surface area contributed by atoms with Gasteiger partial charge in [-0.3, -0.25) is 4.55 Å². The molecule has 0 aromatic carbocycles. The van der Waals surface area contributed by atoms with E-state index in [2.05, 4.69) is 0 Å². The zero-order valence-corrected chi connectivity index (χ0v) is 10.6. The average molecular weight is 257 g/mol. The number of thiophene rings is 1. The Morgan fingerprint density at radius 2 is 1.79 bits per heavy atom. The van der Waals surface area contributed by atoms with Crippen LogP contribution in [0, 0.1) is 0 Å². The van der Waals surface area contributed by atoms with Gasteiger partial charge in [0.05, 0.1) is 0 Å². The molecule has 0 spiro atoms. The molecule has 1 N–H and O–H groups in total. The second-order valence-corrected chi connectivity index (χ2v) is 6.58. The van der Waals surface area contributed by atoms with E-state index in [-0.39, 0.29) is 22.0 Å². The Labute approximate surface area is 94.3 Å². The zero-order valence-electron chi connectivity index (χ0n) is 8.14. The van der Waals surface area contributed by atoms with Crippen molar-refractivity contribution in [1.82, 2.24) is 0 Å². The van der Waals surface area contributed by atoms with Gasteiger partial charge < -0.3 is 0 Å². The first-order valence-electron chi connectivity index (χ1n) is 3.79. The molecule has 82 valence electrons. The van der Waals surface area contributed by atoms with Crippen LogP contribution in [0.1, 0.15) is 25.6 Å². The maximum absolute atomic E-state index is 10.7. The lowest BCUT2D eigenvalue weighted by Gasteiger charge is -2.14. The van der Waals surface area contributed by atoms with Crippen LogP contribution in [-0.4, -0.2) is 13.0 Å². The summed E-state index contributed by atoms with van der Waals surface area (Å²) in [7, 11) is -4.02. The highest BCUT2D eigenvalue weighted by Crippen LogP contribution is 2.31. The molecule has 1 aromatic rings. The van der Waals surface area contributed by atoms with Crippen molar-refractivity contribution in [2.45, 2.75) is 30.4 Å². The largest absolute Gasteiger partial charge is 0.304 e. The molecular weight excluding hydrogens is 244 g/mol. The van der Waals surface area contributed by atoms with Crippen molar-refractivity contribution in [1.29, 1.82) is 0 Å². The fourth-order valence-electron chi connectivity index (χ4n) is 0.862. The van der Waals surface area contributed by atoms with Gasteiger partial charge in [-0.1, -0.05) is 20.8 Å². The molecule has 0 fully saturated rings. The van der Waals surface area contributed by atoms with Gasteiger partial charge in [-0.15, -0.1) is 23.7 Å². The summed E-state index contributed by atoms with van der Waals surface area (Å²) in [6, 6.07) is 3.16. The van der Waals surface area contributed by atoms with Gasteiger partial charge in [0, 0.05) is 4.88 Å². The Kier molecular flexibility index (Phi) is 4.15. The van der Waals surface area contributed by atoms with Gasteiger partial charge in [0.2, 0.25) is 0 Å². The Morgan fingerprint density at radius 1 is 1.29 bits per heavy atom. The van der Waals surface area contributed by atoms with E-state index >= 15 is 0 Å². The molecule has 6 heteroatoms. The number of hydrogen-bond acceptors (Lipinski definition) is 3. The minimum absolute atomic E-state index is 0. The minimum Gasteiger partial charge on any atom is -0.281 e. The fourth-order valence-corrected chi connectivity index (χ4v) is 2.59. The molecule has 0 aliphatic carbocycles. The monoisotopic (exact) mass is 256 g/mol. The maximum Gasteiger partial charge on any atom is 0.304 e. The quantitative estimate of drug-likeness (QED) is 0.786. The van der Waals surface area contributed by atoms with Gasteiger partial charge in [-0.05, 0) is 17.5 Å². The van der Waals surface area contributed by atoms with Gasteiger partial charge in [-0.2, -0.15) is 8.42 Å². The van der Waals surface area contributed by atoms with Crippen molar-refractivity contribution in [2.75, 3.05) is 0 Å². The summed E-state index contributed by atoms with van der Waals surface area (Å²) in [4.78, 5) is 0.945. The highest BCUT2D eigenvalue weighted by Gasteiger charge is 2.20. The molecular formula is C8H13ClO3S2. The fraction of sp³-hybridized carbons (Fsp3) is 0.500. The van der Waals surface area contributed by atoms with Gasteiger partial charge in [0.15, 0.2) is 0 Å². The van der Waals surface area contributed by atoms with Gasteiger partial charge in [0.25, 0.3) is 0 Å². The molecule has 0 aliphatic rings. The molecule has 0 unspecified atom stereocenters. The molecule has 1 rings (SSSR count). The third-order valence-corrected chi connectivity index (χ3v) is 4.41. The predicted molar refractivity (Wildman–Crippen MR) is 60.1 cm³/mol. The van der Waals surface area contributed by atoms with Crippen LogP contribution in [0.4, 0.5) is 0 Å². The lowest BCUT2D eigenvalue weighted by Crippen LogP contribution is -2.07. The maximum atomic E-state index is 10.7. The molecule has 3 nitrogen and oxygen atoms in total. The van der Waals surface area contributed by atoms with Gasteiger partial charge in [-0.25, -0.2) is 0 Å². The predicted octanol–water partition coefficient (Wildman–Crippen LogP) is 2.71. The Balaban J connectivity index is 0.00000169. The normalized spacial score (nSPS) is 12.3. The SMILES string of the molecule is CC(C)(C)c1ccc(S(=O)(=O)O)s1.Cl. The number of hydrogen-bond donors (Lipinski definition) is 1. The van der Waals surface area contributed by atoms with Crippen molar-refractivity contribution in [2.24, 2.45) is 0 Å². The molecule has 1 heterocycles. The molecule has 0 bridgehead atoms. The summed E-state index contributed by atoms with van der Waals surface area (Å²) in [5.74, 6) is 0. The third-order valence-electron chi connectivity index (χ3n) is 1.57.